The third kappa shape index (κ3) is 2.32. The molecule has 1 aromatic carbocycles. The monoisotopic (exact) mass is 326 g/mol. The van der Waals surface area contributed by atoms with Crippen LogP contribution in [0.25, 0.3) is 27.8 Å². The number of nitrogens with zero attached hydrogens (tertiary/aromatic N) is 6. The summed E-state index contributed by atoms with van der Waals surface area (Å²) in [6.07, 6.45) is 4.01. The van der Waals surface area contributed by atoms with Crippen molar-refractivity contribution in [2.24, 2.45) is 0 Å². The first-order valence-corrected chi connectivity index (χ1v) is 8.15. The molecule has 0 atom stereocenters. The molecule has 3 aromatic heterocycles. The fraction of sp³-hybridized carbons (Fsp3) is 0.0714. The molecule has 0 unspecified atom stereocenters. The van der Waals surface area contributed by atoms with Crippen LogP contribution in [0, 0.1) is 6.92 Å². The Bertz CT molecular complexity index is 950. The lowest BCUT2D eigenvalue weighted by atomic mass is 10.2. The quantitative estimate of drug-likeness (QED) is 0.578. The summed E-state index contributed by atoms with van der Waals surface area (Å²) in [4.78, 5) is 1.66. The molecular formula is C14H10N6S2. The van der Waals surface area contributed by atoms with Gasteiger partial charge in [-0.25, -0.2) is 0 Å². The van der Waals surface area contributed by atoms with Crippen molar-refractivity contribution < 1.29 is 0 Å². The van der Waals surface area contributed by atoms with Crippen LogP contribution in [0.4, 0.5) is 0 Å². The second-order valence-corrected chi connectivity index (χ2v) is 6.33. The van der Waals surface area contributed by atoms with Gasteiger partial charge in [0.25, 0.3) is 0 Å². The number of hydrogen-bond donors (Lipinski definition) is 0. The minimum atomic E-state index is 0.693. The van der Waals surface area contributed by atoms with Gasteiger partial charge in [0, 0.05) is 0 Å². The maximum atomic E-state index is 4.56. The number of aryl methyl sites for hydroxylation is 1. The summed E-state index contributed by atoms with van der Waals surface area (Å²) >= 11 is 2.80. The molecule has 0 saturated heterocycles. The molecule has 108 valence electrons. The van der Waals surface area contributed by atoms with E-state index in [1.54, 1.807) is 4.52 Å². The highest BCUT2D eigenvalue weighted by Gasteiger charge is 2.16. The van der Waals surface area contributed by atoms with E-state index in [0.29, 0.717) is 5.82 Å². The first-order chi connectivity index (χ1) is 10.8. The Kier molecular flexibility index (Phi) is 3.24. The van der Waals surface area contributed by atoms with Crippen molar-refractivity contribution in [3.05, 3.63) is 46.6 Å². The zero-order chi connectivity index (χ0) is 14.9. The molecule has 0 fully saturated rings. The van der Waals surface area contributed by atoms with E-state index in [0.717, 1.165) is 26.1 Å². The standard InChI is InChI=1S/C14H10N6S2/c1-9-12(22-19-15-9)13-16-17-14-20(13)18-11(21-14)8-7-10-5-3-2-4-6-10/h2-8H,1H3/b8-7+. The lowest BCUT2D eigenvalue weighted by Crippen LogP contribution is -1.90. The minimum absolute atomic E-state index is 0.693. The molecule has 0 aliphatic carbocycles. The fourth-order valence-electron chi connectivity index (χ4n) is 2.01. The van der Waals surface area contributed by atoms with Crippen molar-refractivity contribution in [1.29, 1.82) is 0 Å². The van der Waals surface area contributed by atoms with Crippen LogP contribution < -0.4 is 0 Å². The van der Waals surface area contributed by atoms with E-state index >= 15 is 0 Å². The highest BCUT2D eigenvalue weighted by atomic mass is 32.1. The summed E-state index contributed by atoms with van der Waals surface area (Å²) in [6.45, 7) is 1.91. The van der Waals surface area contributed by atoms with Crippen LogP contribution in [-0.2, 0) is 0 Å². The Labute approximate surface area is 133 Å². The average molecular weight is 326 g/mol. The third-order valence-corrected chi connectivity index (χ3v) is 4.77. The third-order valence-electron chi connectivity index (χ3n) is 3.08. The van der Waals surface area contributed by atoms with E-state index < -0.39 is 0 Å². The molecule has 0 aliphatic rings. The van der Waals surface area contributed by atoms with Crippen LogP contribution in [0.2, 0.25) is 0 Å². The first kappa shape index (κ1) is 13.2. The van der Waals surface area contributed by atoms with Crippen molar-refractivity contribution in [2.75, 3.05) is 0 Å². The van der Waals surface area contributed by atoms with Crippen molar-refractivity contribution in [1.82, 2.24) is 29.4 Å². The smallest absolute Gasteiger partial charge is 0.181 e. The maximum absolute atomic E-state index is 4.56. The molecule has 22 heavy (non-hydrogen) atoms. The van der Waals surface area contributed by atoms with Gasteiger partial charge >= 0.3 is 0 Å². The number of hydrogen-bond acceptors (Lipinski definition) is 7. The van der Waals surface area contributed by atoms with Gasteiger partial charge in [0.1, 0.15) is 9.88 Å². The van der Waals surface area contributed by atoms with E-state index in [1.807, 2.05) is 37.3 Å². The molecule has 0 bridgehead atoms. The molecule has 4 aromatic rings. The minimum Gasteiger partial charge on any atom is -0.181 e. The van der Waals surface area contributed by atoms with Gasteiger partial charge in [-0.15, -0.1) is 15.3 Å². The molecule has 0 N–H and O–H groups in total. The molecule has 0 amide bonds. The van der Waals surface area contributed by atoms with Gasteiger partial charge in [-0.1, -0.05) is 52.2 Å². The molecule has 3 heterocycles. The molecule has 0 saturated carbocycles. The predicted molar refractivity (Wildman–Crippen MR) is 87.7 cm³/mol. The Hall–Kier alpha value is -2.45. The lowest BCUT2D eigenvalue weighted by molar-refractivity contribution is 0.959. The van der Waals surface area contributed by atoms with Gasteiger partial charge in [-0.3, -0.25) is 0 Å². The van der Waals surface area contributed by atoms with E-state index in [1.165, 1.54) is 22.9 Å². The highest BCUT2D eigenvalue weighted by molar-refractivity contribution is 7.17. The second kappa shape index (κ2) is 5.39. The molecule has 0 aliphatic heterocycles. The Balaban J connectivity index is 1.72. The zero-order valence-electron chi connectivity index (χ0n) is 11.5. The SMILES string of the molecule is Cc1nnsc1-c1nnc2sc(/C=C/c3ccccc3)nn12. The second-order valence-electron chi connectivity index (χ2n) is 4.59. The zero-order valence-corrected chi connectivity index (χ0v) is 13.2. The number of aromatic nitrogens is 6. The van der Waals surface area contributed by atoms with Crippen molar-refractivity contribution in [3.63, 3.8) is 0 Å². The van der Waals surface area contributed by atoms with Crippen LogP contribution >= 0.6 is 22.9 Å². The van der Waals surface area contributed by atoms with E-state index in [2.05, 4.69) is 37.0 Å². The van der Waals surface area contributed by atoms with Crippen LogP contribution in [-0.4, -0.2) is 29.4 Å². The van der Waals surface area contributed by atoms with Crippen LogP contribution in [0.15, 0.2) is 30.3 Å². The molecule has 6 nitrogen and oxygen atoms in total. The number of rotatable bonds is 3. The summed E-state index contributed by atoms with van der Waals surface area (Å²) in [5.74, 6) is 0.693. The summed E-state index contributed by atoms with van der Waals surface area (Å²) in [6, 6.07) is 10.1. The Morgan fingerprint density at radius 3 is 2.68 bits per heavy atom. The Morgan fingerprint density at radius 2 is 1.91 bits per heavy atom. The summed E-state index contributed by atoms with van der Waals surface area (Å²) in [5.41, 5.74) is 1.98. The van der Waals surface area contributed by atoms with Gasteiger partial charge in [-0.05, 0) is 30.1 Å². The largest absolute Gasteiger partial charge is 0.235 e. The van der Waals surface area contributed by atoms with Crippen molar-refractivity contribution in [2.45, 2.75) is 6.92 Å². The van der Waals surface area contributed by atoms with Crippen LogP contribution in [0.5, 0.6) is 0 Å². The summed E-state index contributed by atoms with van der Waals surface area (Å²) in [7, 11) is 0. The molecule has 0 radical (unpaired) electrons. The van der Waals surface area contributed by atoms with E-state index in [-0.39, 0.29) is 0 Å². The maximum Gasteiger partial charge on any atom is 0.235 e. The van der Waals surface area contributed by atoms with E-state index in [9.17, 15) is 0 Å². The molecular weight excluding hydrogens is 316 g/mol. The van der Waals surface area contributed by atoms with Crippen LogP contribution in [0.3, 0.4) is 0 Å². The average Bonchev–Trinajstić information content (AvgIpc) is 3.22. The number of benzene rings is 1. The highest BCUT2D eigenvalue weighted by Crippen LogP contribution is 2.26. The van der Waals surface area contributed by atoms with Crippen molar-refractivity contribution in [3.8, 4) is 10.7 Å². The normalized spacial score (nSPS) is 11.7. The topological polar surface area (TPSA) is 68.9 Å². The van der Waals surface area contributed by atoms with Gasteiger partial charge in [0.15, 0.2) is 5.82 Å². The van der Waals surface area contributed by atoms with Crippen molar-refractivity contribution >= 4 is 40.0 Å². The number of fused-ring (bicyclic) bond motifs is 1. The van der Waals surface area contributed by atoms with Gasteiger partial charge in [0.05, 0.1) is 5.69 Å². The fourth-order valence-corrected chi connectivity index (χ4v) is 3.38. The van der Waals surface area contributed by atoms with Gasteiger partial charge < -0.3 is 0 Å². The van der Waals surface area contributed by atoms with Gasteiger partial charge in [0.2, 0.25) is 4.96 Å². The molecule has 0 spiro atoms. The van der Waals surface area contributed by atoms with E-state index in [4.69, 9.17) is 0 Å². The van der Waals surface area contributed by atoms with Crippen LogP contribution in [0.1, 0.15) is 16.3 Å². The summed E-state index contributed by atoms with van der Waals surface area (Å²) < 4.78 is 5.69. The summed E-state index contributed by atoms with van der Waals surface area (Å²) in [5, 5.41) is 17.8. The Morgan fingerprint density at radius 1 is 1.05 bits per heavy atom. The molecule has 8 heteroatoms. The lowest BCUT2D eigenvalue weighted by Gasteiger charge is -1.91. The van der Waals surface area contributed by atoms with Gasteiger partial charge in [-0.2, -0.15) is 9.61 Å². The molecule has 4 rings (SSSR count). The first-order valence-electron chi connectivity index (χ1n) is 6.56. The predicted octanol–water partition coefficient (Wildman–Crippen LogP) is 3.18.